The van der Waals surface area contributed by atoms with Crippen LogP contribution in [0.3, 0.4) is 0 Å². The molecule has 212 valence electrons. The molecule has 2 aliphatic rings. The summed E-state index contributed by atoms with van der Waals surface area (Å²) in [6.07, 6.45) is 6.10. The van der Waals surface area contributed by atoms with E-state index in [-0.39, 0.29) is 5.97 Å². The lowest BCUT2D eigenvalue weighted by atomic mass is 9.99. The summed E-state index contributed by atoms with van der Waals surface area (Å²) < 4.78 is 21.7. The fourth-order valence-corrected chi connectivity index (χ4v) is 4.89. The number of nitrogens with zero attached hydrogens (tertiary/aromatic N) is 1. The van der Waals surface area contributed by atoms with Crippen molar-refractivity contribution in [3.05, 3.63) is 83.4 Å². The monoisotopic (exact) mass is 543 g/mol. The number of hydrogen-bond acceptors (Lipinski definition) is 6. The van der Waals surface area contributed by atoms with Crippen molar-refractivity contribution < 1.29 is 23.7 Å². The van der Waals surface area contributed by atoms with Crippen LogP contribution < -0.4 is 14.4 Å². The molecule has 0 spiro atoms. The molecule has 0 aromatic heterocycles. The Kier molecular flexibility index (Phi) is 11.1. The average Bonchev–Trinajstić information content (AvgIpc) is 3.53. The highest BCUT2D eigenvalue weighted by Crippen LogP contribution is 2.36. The first-order chi connectivity index (χ1) is 19.6. The molecule has 3 aromatic rings. The predicted molar refractivity (Wildman–Crippen MR) is 161 cm³/mol. The predicted octanol–water partition coefficient (Wildman–Crippen LogP) is 7.30. The van der Waals surface area contributed by atoms with Crippen LogP contribution >= 0.6 is 0 Å². The first kappa shape index (κ1) is 29.2. The molecule has 0 N–H and O–H groups in total. The van der Waals surface area contributed by atoms with Crippen LogP contribution in [-0.4, -0.2) is 46.1 Å². The molecular formula is C34H41NO5. The fourth-order valence-electron chi connectivity index (χ4n) is 4.89. The third kappa shape index (κ3) is 7.89. The average molecular weight is 544 g/mol. The molecule has 0 aliphatic carbocycles. The van der Waals surface area contributed by atoms with Crippen LogP contribution in [-0.2, 0) is 20.8 Å². The van der Waals surface area contributed by atoms with Gasteiger partial charge in [0, 0.05) is 43.1 Å². The van der Waals surface area contributed by atoms with Gasteiger partial charge in [0.25, 0.3) is 0 Å². The minimum absolute atomic E-state index is 0.284. The smallest absolute Gasteiger partial charge is 0.333 e. The third-order valence-electron chi connectivity index (χ3n) is 6.87. The van der Waals surface area contributed by atoms with E-state index in [9.17, 15) is 4.79 Å². The molecule has 0 amide bonds. The second-order valence-electron chi connectivity index (χ2n) is 9.85. The van der Waals surface area contributed by atoms with Gasteiger partial charge in [0.2, 0.25) is 0 Å². The third-order valence-corrected chi connectivity index (χ3v) is 6.87. The first-order valence-corrected chi connectivity index (χ1v) is 14.3. The Morgan fingerprint density at radius 1 is 0.950 bits per heavy atom. The summed E-state index contributed by atoms with van der Waals surface area (Å²) in [6, 6.07) is 22.7. The first-order valence-electron chi connectivity index (χ1n) is 14.3. The lowest BCUT2D eigenvalue weighted by Gasteiger charge is -2.26. The molecule has 0 atom stereocenters. The second kappa shape index (κ2) is 15.1. The number of hydrogen-bond donors (Lipinski definition) is 0. The number of benzene rings is 3. The summed E-state index contributed by atoms with van der Waals surface area (Å²) in [5, 5.41) is 0. The summed E-state index contributed by atoms with van der Waals surface area (Å²) in [5.41, 5.74) is 5.99. The molecule has 6 nitrogen and oxygen atoms in total. The second-order valence-corrected chi connectivity index (χ2v) is 9.85. The van der Waals surface area contributed by atoms with Gasteiger partial charge in [-0.3, -0.25) is 0 Å². The van der Waals surface area contributed by atoms with E-state index >= 15 is 0 Å². The van der Waals surface area contributed by atoms with Gasteiger partial charge in [-0.1, -0.05) is 43.3 Å². The number of fused-ring (bicyclic) bond motifs is 1. The minimum Gasteiger partial charge on any atom is -0.494 e. The van der Waals surface area contributed by atoms with Gasteiger partial charge in [-0.2, -0.15) is 0 Å². The molecule has 6 heteroatoms. The van der Waals surface area contributed by atoms with Crippen molar-refractivity contribution in [2.24, 2.45) is 0 Å². The molecule has 0 radical (unpaired) electrons. The van der Waals surface area contributed by atoms with Crippen molar-refractivity contribution >= 4 is 17.7 Å². The minimum atomic E-state index is -0.284. The van der Waals surface area contributed by atoms with Gasteiger partial charge < -0.3 is 23.8 Å². The van der Waals surface area contributed by atoms with E-state index < -0.39 is 0 Å². The van der Waals surface area contributed by atoms with E-state index in [0.29, 0.717) is 38.3 Å². The standard InChI is InChI=1S/C30H33NO4.C4H8O/c1-4-17-35-26-10-8-9-22(18-26)21-31-16-15-24(30(32)33-3)20-25-19-23(13-14-28(25)31)27-11-6-7-12-29(27)34-5-2;1-2-4-5-3-1/h6-14,18-20H,4-5,15-17,21H2,1-3H3;1-4H2. The quantitative estimate of drug-likeness (QED) is 0.264. The Hall–Kier alpha value is -3.77. The van der Waals surface area contributed by atoms with Crippen LogP contribution in [0.15, 0.2) is 72.3 Å². The highest BCUT2D eigenvalue weighted by Gasteiger charge is 2.21. The van der Waals surface area contributed by atoms with E-state index in [0.717, 1.165) is 59.1 Å². The molecule has 0 saturated carbocycles. The molecule has 1 fully saturated rings. The van der Waals surface area contributed by atoms with E-state index in [1.807, 2.05) is 43.3 Å². The lowest BCUT2D eigenvalue weighted by molar-refractivity contribution is -0.136. The summed E-state index contributed by atoms with van der Waals surface area (Å²) >= 11 is 0. The molecule has 2 heterocycles. The fraction of sp³-hybridized carbons (Fsp3) is 0.382. The summed E-state index contributed by atoms with van der Waals surface area (Å²) in [5.74, 6) is 1.45. The van der Waals surface area contributed by atoms with Crippen molar-refractivity contribution in [3.63, 3.8) is 0 Å². The van der Waals surface area contributed by atoms with Crippen LogP contribution in [0.25, 0.3) is 17.2 Å². The number of rotatable bonds is 9. The van der Waals surface area contributed by atoms with Gasteiger partial charge in [-0.05, 0) is 85.7 Å². The molecule has 2 aliphatic heterocycles. The number of para-hydroxylation sites is 1. The largest absolute Gasteiger partial charge is 0.494 e. The number of methoxy groups -OCH3 is 1. The van der Waals surface area contributed by atoms with Gasteiger partial charge in [0.1, 0.15) is 11.5 Å². The van der Waals surface area contributed by atoms with E-state index in [1.54, 1.807) is 0 Å². The van der Waals surface area contributed by atoms with Crippen molar-refractivity contribution in [1.82, 2.24) is 0 Å². The van der Waals surface area contributed by atoms with Crippen molar-refractivity contribution in [2.45, 2.75) is 46.1 Å². The summed E-state index contributed by atoms with van der Waals surface area (Å²) in [6.45, 7) is 8.82. The van der Waals surface area contributed by atoms with Gasteiger partial charge in [0.15, 0.2) is 0 Å². The molecule has 40 heavy (non-hydrogen) atoms. The summed E-state index contributed by atoms with van der Waals surface area (Å²) in [4.78, 5) is 14.8. The van der Waals surface area contributed by atoms with Gasteiger partial charge >= 0.3 is 5.97 Å². The van der Waals surface area contributed by atoms with Gasteiger partial charge in [0.05, 0.1) is 20.3 Å². The van der Waals surface area contributed by atoms with E-state index in [2.05, 4.69) is 48.2 Å². The Bertz CT molecular complexity index is 1270. The Balaban J connectivity index is 0.000000666. The Labute approximate surface area is 238 Å². The van der Waals surface area contributed by atoms with Crippen LogP contribution in [0, 0.1) is 0 Å². The number of carbonyl (C=O) groups excluding carboxylic acids is 1. The van der Waals surface area contributed by atoms with Crippen molar-refractivity contribution in [2.75, 3.05) is 45.0 Å². The molecule has 3 aromatic carbocycles. The van der Waals surface area contributed by atoms with Crippen LogP contribution in [0.5, 0.6) is 11.5 Å². The SMILES string of the molecule is C1CCOC1.CCCOc1cccc(CN2CCC(C(=O)OC)=Cc3cc(-c4ccccc4OCC)ccc32)c1. The van der Waals surface area contributed by atoms with Crippen molar-refractivity contribution in [3.8, 4) is 22.6 Å². The zero-order chi connectivity index (χ0) is 28.2. The summed E-state index contributed by atoms with van der Waals surface area (Å²) in [7, 11) is 1.43. The number of anilines is 1. The molecule has 0 bridgehead atoms. The number of carbonyl (C=O) groups is 1. The maximum Gasteiger partial charge on any atom is 0.333 e. The maximum atomic E-state index is 12.5. The molecular weight excluding hydrogens is 502 g/mol. The van der Waals surface area contributed by atoms with E-state index in [4.69, 9.17) is 18.9 Å². The normalized spacial score (nSPS) is 14.3. The lowest BCUT2D eigenvalue weighted by Crippen LogP contribution is -2.24. The number of ether oxygens (including phenoxy) is 4. The van der Waals surface area contributed by atoms with E-state index in [1.165, 1.54) is 20.0 Å². The molecule has 5 rings (SSSR count). The van der Waals surface area contributed by atoms with Crippen LogP contribution in [0.1, 0.15) is 50.7 Å². The Morgan fingerprint density at radius 3 is 2.50 bits per heavy atom. The zero-order valence-electron chi connectivity index (χ0n) is 24.0. The topological polar surface area (TPSA) is 57.2 Å². The molecule has 0 unspecified atom stereocenters. The van der Waals surface area contributed by atoms with Crippen LogP contribution in [0.2, 0.25) is 0 Å². The molecule has 1 saturated heterocycles. The zero-order valence-corrected chi connectivity index (χ0v) is 24.0. The van der Waals surface area contributed by atoms with Crippen molar-refractivity contribution in [1.29, 1.82) is 0 Å². The number of esters is 1. The highest BCUT2D eigenvalue weighted by molar-refractivity contribution is 5.96. The Morgan fingerprint density at radius 2 is 1.77 bits per heavy atom. The van der Waals surface area contributed by atoms with Crippen LogP contribution in [0.4, 0.5) is 5.69 Å². The van der Waals surface area contributed by atoms with Gasteiger partial charge in [-0.25, -0.2) is 4.79 Å². The van der Waals surface area contributed by atoms with Gasteiger partial charge in [-0.15, -0.1) is 0 Å². The highest BCUT2D eigenvalue weighted by atomic mass is 16.5. The maximum absolute atomic E-state index is 12.5.